The van der Waals surface area contributed by atoms with E-state index in [1.54, 1.807) is 18.2 Å². The summed E-state index contributed by atoms with van der Waals surface area (Å²) in [6.07, 6.45) is 4.42. The van der Waals surface area contributed by atoms with Crippen LogP contribution in [-0.2, 0) is 9.53 Å². The van der Waals surface area contributed by atoms with Crippen LogP contribution in [-0.4, -0.2) is 24.5 Å². The lowest BCUT2D eigenvalue weighted by Crippen LogP contribution is -2.42. The highest BCUT2D eigenvalue weighted by Crippen LogP contribution is 2.37. The van der Waals surface area contributed by atoms with Gasteiger partial charge in [0.1, 0.15) is 4.88 Å². The number of thiophene rings is 1. The molecule has 1 aromatic heterocycles. The highest BCUT2D eigenvalue weighted by molar-refractivity contribution is 7.21. The third kappa shape index (κ3) is 4.27. The van der Waals surface area contributed by atoms with E-state index in [9.17, 15) is 9.59 Å². The molecule has 0 spiro atoms. The van der Waals surface area contributed by atoms with E-state index in [0.29, 0.717) is 16.0 Å². The standard InChI is InChI=1S/C18H19Cl2NO3S/c1-10-4-2-3-5-13(10)21-15(22)9-24-18(23)17-16(20)12-7-6-11(19)8-14(12)25-17/h6-8,10,13H,2-5,9H2,1H3,(H,21,22)/t10-,13+/m1/s1. The number of benzene rings is 1. The molecule has 1 N–H and O–H groups in total. The van der Waals surface area contributed by atoms with Crippen LogP contribution in [0, 0.1) is 5.92 Å². The summed E-state index contributed by atoms with van der Waals surface area (Å²) >= 11 is 13.4. The summed E-state index contributed by atoms with van der Waals surface area (Å²) in [7, 11) is 0. The fraction of sp³-hybridized carbons (Fsp3) is 0.444. The van der Waals surface area contributed by atoms with Crippen molar-refractivity contribution in [2.24, 2.45) is 5.92 Å². The summed E-state index contributed by atoms with van der Waals surface area (Å²) in [6, 6.07) is 5.40. The fourth-order valence-corrected chi connectivity index (χ4v) is 4.82. The van der Waals surface area contributed by atoms with Crippen molar-refractivity contribution < 1.29 is 14.3 Å². The van der Waals surface area contributed by atoms with Gasteiger partial charge in [0, 0.05) is 21.2 Å². The number of amides is 1. The molecule has 2 atom stereocenters. The predicted octanol–water partition coefficient (Wildman–Crippen LogP) is 5.06. The number of esters is 1. The first kappa shape index (κ1) is 18.5. The molecule has 1 fully saturated rings. The molecule has 3 rings (SSSR count). The minimum Gasteiger partial charge on any atom is -0.451 e. The van der Waals surface area contributed by atoms with Crippen LogP contribution < -0.4 is 5.32 Å². The first-order valence-electron chi connectivity index (χ1n) is 8.29. The zero-order valence-electron chi connectivity index (χ0n) is 13.8. The second-order valence-electron chi connectivity index (χ2n) is 6.40. The molecule has 4 nitrogen and oxygen atoms in total. The molecule has 2 aromatic rings. The Morgan fingerprint density at radius 1 is 1.28 bits per heavy atom. The highest BCUT2D eigenvalue weighted by atomic mass is 35.5. The van der Waals surface area contributed by atoms with Crippen molar-refractivity contribution >= 4 is 56.5 Å². The Morgan fingerprint density at radius 3 is 2.80 bits per heavy atom. The molecule has 1 aliphatic carbocycles. The average Bonchev–Trinajstić information content (AvgIpc) is 2.91. The molecule has 7 heteroatoms. The normalized spacial score (nSPS) is 20.4. The summed E-state index contributed by atoms with van der Waals surface area (Å²) in [4.78, 5) is 24.6. The zero-order chi connectivity index (χ0) is 18.0. The first-order chi connectivity index (χ1) is 12.0. The molecule has 1 saturated carbocycles. The van der Waals surface area contributed by atoms with E-state index in [0.717, 1.165) is 29.3 Å². The van der Waals surface area contributed by atoms with E-state index in [2.05, 4.69) is 12.2 Å². The zero-order valence-corrected chi connectivity index (χ0v) is 16.1. The van der Waals surface area contributed by atoms with Gasteiger partial charge in [-0.3, -0.25) is 4.79 Å². The van der Waals surface area contributed by atoms with E-state index in [1.807, 2.05) is 0 Å². The van der Waals surface area contributed by atoms with Crippen LogP contribution in [0.2, 0.25) is 10.0 Å². The molecule has 1 heterocycles. The Kier molecular flexibility index (Phi) is 5.87. The Morgan fingerprint density at radius 2 is 2.04 bits per heavy atom. The Bertz CT molecular complexity index is 805. The van der Waals surface area contributed by atoms with Crippen LogP contribution in [0.1, 0.15) is 42.3 Å². The largest absolute Gasteiger partial charge is 0.451 e. The lowest BCUT2D eigenvalue weighted by atomic mass is 9.86. The second kappa shape index (κ2) is 7.94. The number of carbonyl (C=O) groups is 2. The van der Waals surface area contributed by atoms with Crippen molar-refractivity contribution in [3.05, 3.63) is 33.1 Å². The predicted molar refractivity (Wildman–Crippen MR) is 102 cm³/mol. The van der Waals surface area contributed by atoms with Gasteiger partial charge >= 0.3 is 5.97 Å². The molecule has 134 valence electrons. The van der Waals surface area contributed by atoms with Crippen molar-refractivity contribution in [1.82, 2.24) is 5.32 Å². The van der Waals surface area contributed by atoms with E-state index in [-0.39, 0.29) is 23.4 Å². The van der Waals surface area contributed by atoms with Gasteiger partial charge in [0.15, 0.2) is 6.61 Å². The van der Waals surface area contributed by atoms with Gasteiger partial charge in [0.05, 0.1) is 5.02 Å². The monoisotopic (exact) mass is 399 g/mol. The molecule has 0 bridgehead atoms. The molecular weight excluding hydrogens is 381 g/mol. The van der Waals surface area contributed by atoms with Gasteiger partial charge in [0.2, 0.25) is 0 Å². The number of hydrogen-bond acceptors (Lipinski definition) is 4. The summed E-state index contributed by atoms with van der Waals surface area (Å²) in [6.45, 7) is 1.84. The van der Waals surface area contributed by atoms with Gasteiger partial charge in [-0.05, 0) is 30.9 Å². The number of nitrogens with one attached hydrogen (secondary N) is 1. The quantitative estimate of drug-likeness (QED) is 0.730. The number of ether oxygens (including phenoxy) is 1. The second-order valence-corrected chi connectivity index (χ2v) is 8.26. The Hall–Kier alpha value is -1.30. The third-order valence-corrected chi connectivity index (χ3v) is 6.44. The average molecular weight is 400 g/mol. The molecular formula is C18H19Cl2NO3S. The van der Waals surface area contributed by atoms with Crippen LogP contribution in [0.25, 0.3) is 10.1 Å². The molecule has 0 radical (unpaired) electrons. The number of halogens is 2. The number of fused-ring (bicyclic) bond motifs is 1. The summed E-state index contributed by atoms with van der Waals surface area (Å²) in [5.74, 6) is -0.406. The van der Waals surface area contributed by atoms with Crippen LogP contribution in [0.15, 0.2) is 18.2 Å². The van der Waals surface area contributed by atoms with Gasteiger partial charge in [-0.15, -0.1) is 11.3 Å². The molecule has 1 aromatic carbocycles. The summed E-state index contributed by atoms with van der Waals surface area (Å²) in [5.41, 5.74) is 0. The van der Waals surface area contributed by atoms with Crippen molar-refractivity contribution in [2.45, 2.75) is 38.6 Å². The molecule has 0 saturated heterocycles. The molecule has 0 unspecified atom stereocenters. The molecule has 0 aliphatic heterocycles. The van der Waals surface area contributed by atoms with Crippen LogP contribution >= 0.6 is 34.5 Å². The van der Waals surface area contributed by atoms with E-state index in [4.69, 9.17) is 27.9 Å². The minimum absolute atomic E-state index is 0.162. The smallest absolute Gasteiger partial charge is 0.350 e. The van der Waals surface area contributed by atoms with Gasteiger partial charge in [-0.1, -0.05) is 49.0 Å². The number of rotatable bonds is 4. The summed E-state index contributed by atoms with van der Waals surface area (Å²) < 4.78 is 5.96. The van der Waals surface area contributed by atoms with Crippen molar-refractivity contribution in [3.8, 4) is 0 Å². The highest BCUT2D eigenvalue weighted by Gasteiger charge is 2.24. The van der Waals surface area contributed by atoms with Crippen molar-refractivity contribution in [3.63, 3.8) is 0 Å². The fourth-order valence-electron chi connectivity index (χ4n) is 3.15. The number of carbonyl (C=O) groups excluding carboxylic acids is 2. The van der Waals surface area contributed by atoms with Crippen LogP contribution in [0.3, 0.4) is 0 Å². The van der Waals surface area contributed by atoms with E-state index >= 15 is 0 Å². The van der Waals surface area contributed by atoms with Gasteiger partial charge in [0.25, 0.3) is 5.91 Å². The maximum atomic E-state index is 12.3. The minimum atomic E-state index is -0.589. The van der Waals surface area contributed by atoms with Gasteiger partial charge in [-0.2, -0.15) is 0 Å². The van der Waals surface area contributed by atoms with Crippen molar-refractivity contribution in [1.29, 1.82) is 0 Å². The SMILES string of the molecule is C[C@@H]1CCCC[C@@H]1NC(=O)COC(=O)c1sc2cc(Cl)ccc2c1Cl. The maximum absolute atomic E-state index is 12.3. The first-order valence-corrected chi connectivity index (χ1v) is 9.87. The molecule has 1 aliphatic rings. The lowest BCUT2D eigenvalue weighted by Gasteiger charge is -2.29. The number of hydrogen-bond donors (Lipinski definition) is 1. The Labute approximate surface area is 160 Å². The molecule has 1 amide bonds. The summed E-state index contributed by atoms with van der Waals surface area (Å²) in [5, 5.41) is 4.63. The van der Waals surface area contributed by atoms with E-state index < -0.39 is 5.97 Å². The van der Waals surface area contributed by atoms with E-state index in [1.165, 1.54) is 17.8 Å². The van der Waals surface area contributed by atoms with Crippen LogP contribution in [0.5, 0.6) is 0 Å². The van der Waals surface area contributed by atoms with Crippen molar-refractivity contribution in [2.75, 3.05) is 6.61 Å². The van der Waals surface area contributed by atoms with Gasteiger partial charge in [-0.25, -0.2) is 4.79 Å². The molecule has 25 heavy (non-hydrogen) atoms. The maximum Gasteiger partial charge on any atom is 0.350 e. The van der Waals surface area contributed by atoms with Crippen LogP contribution in [0.4, 0.5) is 0 Å². The Balaban J connectivity index is 1.60. The third-order valence-electron chi connectivity index (χ3n) is 4.57. The lowest BCUT2D eigenvalue weighted by molar-refractivity contribution is -0.125. The topological polar surface area (TPSA) is 55.4 Å². The van der Waals surface area contributed by atoms with Gasteiger partial charge < -0.3 is 10.1 Å².